The molecule has 0 amide bonds. The third-order valence-corrected chi connectivity index (χ3v) is 4.64. The fourth-order valence-electron chi connectivity index (χ4n) is 2.68. The summed E-state index contributed by atoms with van der Waals surface area (Å²) in [7, 11) is 1.74. The molecule has 0 saturated carbocycles. The third kappa shape index (κ3) is 3.44. The maximum atomic E-state index is 5.65. The van der Waals surface area contributed by atoms with Gasteiger partial charge in [0.1, 0.15) is 5.75 Å². The van der Waals surface area contributed by atoms with E-state index in [1.165, 1.54) is 21.6 Å². The van der Waals surface area contributed by atoms with Gasteiger partial charge in [-0.15, -0.1) is 11.3 Å². The van der Waals surface area contributed by atoms with Crippen LogP contribution >= 0.6 is 11.3 Å². The van der Waals surface area contributed by atoms with E-state index in [9.17, 15) is 0 Å². The highest BCUT2D eigenvalue weighted by Gasteiger charge is 2.23. The summed E-state index contributed by atoms with van der Waals surface area (Å²) in [6.07, 6.45) is 1.10. The van der Waals surface area contributed by atoms with E-state index in [4.69, 9.17) is 4.74 Å². The summed E-state index contributed by atoms with van der Waals surface area (Å²) in [5.74, 6) is 0.953. The van der Waals surface area contributed by atoms with E-state index in [-0.39, 0.29) is 6.04 Å². The van der Waals surface area contributed by atoms with Crippen molar-refractivity contribution >= 4 is 11.3 Å². The number of methoxy groups -OCH3 is 1. The Hall–Kier alpha value is -1.39. The second-order valence-corrected chi connectivity index (χ2v) is 6.27. The Morgan fingerprint density at radius 2 is 2.05 bits per heavy atom. The Morgan fingerprint density at radius 1 is 1.29 bits per heavy atom. The van der Waals surface area contributed by atoms with E-state index >= 15 is 0 Å². The number of hydrogen-bond donors (Lipinski definition) is 1. The number of benzene rings is 1. The monoisotopic (exact) mass is 304 g/mol. The number of nitrogens with zero attached hydrogens (tertiary/aromatic N) is 1. The van der Waals surface area contributed by atoms with Crippen molar-refractivity contribution in [2.45, 2.75) is 40.2 Å². The molecule has 3 nitrogen and oxygen atoms in total. The third-order valence-electron chi connectivity index (χ3n) is 3.65. The maximum Gasteiger partial charge on any atom is 0.124 e. The van der Waals surface area contributed by atoms with Gasteiger partial charge in [0.05, 0.1) is 24.4 Å². The van der Waals surface area contributed by atoms with Crippen molar-refractivity contribution in [2.24, 2.45) is 0 Å². The first-order valence-electron chi connectivity index (χ1n) is 7.37. The van der Waals surface area contributed by atoms with E-state index in [0.717, 1.165) is 24.4 Å². The van der Waals surface area contributed by atoms with Crippen molar-refractivity contribution < 1.29 is 4.74 Å². The zero-order chi connectivity index (χ0) is 15.4. The van der Waals surface area contributed by atoms with Gasteiger partial charge in [-0.3, -0.25) is 0 Å². The van der Waals surface area contributed by atoms with Gasteiger partial charge in [-0.2, -0.15) is 0 Å². The molecule has 1 atom stereocenters. The quantitative estimate of drug-likeness (QED) is 0.870. The molecule has 1 unspecified atom stereocenters. The minimum Gasteiger partial charge on any atom is -0.496 e. The summed E-state index contributed by atoms with van der Waals surface area (Å²) in [6, 6.07) is 4.47. The molecule has 2 aromatic rings. The summed E-state index contributed by atoms with van der Waals surface area (Å²) in [4.78, 5) is 5.68. The molecule has 1 aromatic carbocycles. The van der Waals surface area contributed by atoms with Crippen LogP contribution in [0.1, 0.15) is 46.6 Å². The SMILES string of the molecule is CCCNC(c1scnc1C)c1c(C)cc(C)cc1OC. The lowest BCUT2D eigenvalue weighted by atomic mass is 9.96. The summed E-state index contributed by atoms with van der Waals surface area (Å²) in [5, 5.41) is 3.65. The second-order valence-electron chi connectivity index (χ2n) is 5.39. The molecule has 0 bridgehead atoms. The summed E-state index contributed by atoms with van der Waals surface area (Å²) < 4.78 is 5.65. The fraction of sp³-hybridized carbons (Fsp3) is 0.471. The molecule has 0 aliphatic heterocycles. The smallest absolute Gasteiger partial charge is 0.124 e. The molecule has 0 spiro atoms. The van der Waals surface area contributed by atoms with Crippen LogP contribution in [0.2, 0.25) is 0 Å². The number of aryl methyl sites for hydroxylation is 3. The van der Waals surface area contributed by atoms with E-state index < -0.39 is 0 Å². The van der Waals surface area contributed by atoms with Crippen LogP contribution < -0.4 is 10.1 Å². The van der Waals surface area contributed by atoms with E-state index in [1.807, 2.05) is 5.51 Å². The van der Waals surface area contributed by atoms with Crippen LogP contribution in [0.15, 0.2) is 17.6 Å². The molecule has 0 aliphatic rings. The van der Waals surface area contributed by atoms with Crippen molar-refractivity contribution in [1.29, 1.82) is 0 Å². The van der Waals surface area contributed by atoms with Gasteiger partial charge in [-0.25, -0.2) is 4.98 Å². The van der Waals surface area contributed by atoms with Crippen LogP contribution in [0.25, 0.3) is 0 Å². The standard InChI is InChI=1S/C17H24N2OS/c1-6-7-18-16(17-13(4)19-10-21-17)15-12(3)8-11(2)9-14(15)20-5/h8-10,16,18H,6-7H2,1-5H3. The number of ether oxygens (including phenoxy) is 1. The summed E-state index contributed by atoms with van der Waals surface area (Å²) in [6.45, 7) is 9.48. The molecular weight excluding hydrogens is 280 g/mol. The van der Waals surface area contributed by atoms with Gasteiger partial charge in [0.15, 0.2) is 0 Å². The van der Waals surface area contributed by atoms with E-state index in [1.54, 1.807) is 18.4 Å². The van der Waals surface area contributed by atoms with Gasteiger partial charge in [-0.1, -0.05) is 13.0 Å². The van der Waals surface area contributed by atoms with E-state index in [2.05, 4.69) is 50.1 Å². The Bertz CT molecular complexity index is 607. The molecule has 4 heteroatoms. The number of thiazole rings is 1. The van der Waals surface area contributed by atoms with Gasteiger partial charge in [0, 0.05) is 10.4 Å². The number of nitrogens with one attached hydrogen (secondary N) is 1. The Labute approximate surface area is 131 Å². The highest BCUT2D eigenvalue weighted by atomic mass is 32.1. The number of aromatic nitrogens is 1. The van der Waals surface area contributed by atoms with Crippen molar-refractivity contribution in [3.05, 3.63) is 44.9 Å². The number of hydrogen-bond acceptors (Lipinski definition) is 4. The first-order chi connectivity index (χ1) is 10.1. The highest BCUT2D eigenvalue weighted by Crippen LogP contribution is 2.36. The fourth-order valence-corrected chi connectivity index (χ4v) is 3.57. The Kier molecular flexibility index (Phi) is 5.37. The van der Waals surface area contributed by atoms with Crippen molar-refractivity contribution in [3.8, 4) is 5.75 Å². The van der Waals surface area contributed by atoms with Gasteiger partial charge < -0.3 is 10.1 Å². The van der Waals surface area contributed by atoms with Gasteiger partial charge in [0.2, 0.25) is 0 Å². The lowest BCUT2D eigenvalue weighted by Crippen LogP contribution is -2.24. The van der Waals surface area contributed by atoms with Gasteiger partial charge in [-0.05, 0) is 50.9 Å². The molecule has 1 heterocycles. The van der Waals surface area contributed by atoms with Crippen molar-refractivity contribution in [2.75, 3.05) is 13.7 Å². The molecule has 1 aromatic heterocycles. The number of rotatable bonds is 6. The molecule has 21 heavy (non-hydrogen) atoms. The zero-order valence-electron chi connectivity index (χ0n) is 13.5. The molecule has 114 valence electrons. The average molecular weight is 304 g/mol. The zero-order valence-corrected chi connectivity index (χ0v) is 14.3. The topological polar surface area (TPSA) is 34.2 Å². The molecule has 1 N–H and O–H groups in total. The predicted octanol–water partition coefficient (Wildman–Crippen LogP) is 4.17. The largest absolute Gasteiger partial charge is 0.496 e. The van der Waals surface area contributed by atoms with Gasteiger partial charge >= 0.3 is 0 Å². The molecule has 0 radical (unpaired) electrons. The van der Waals surface area contributed by atoms with Crippen LogP contribution in [0.5, 0.6) is 5.75 Å². The Morgan fingerprint density at radius 3 is 2.62 bits per heavy atom. The van der Waals surface area contributed by atoms with Crippen LogP contribution in [0, 0.1) is 20.8 Å². The van der Waals surface area contributed by atoms with Crippen molar-refractivity contribution in [1.82, 2.24) is 10.3 Å². The molecule has 0 saturated heterocycles. The summed E-state index contributed by atoms with van der Waals surface area (Å²) >= 11 is 1.71. The minimum absolute atomic E-state index is 0.146. The maximum absolute atomic E-state index is 5.65. The van der Waals surface area contributed by atoms with Crippen LogP contribution in [0.4, 0.5) is 0 Å². The van der Waals surface area contributed by atoms with Crippen LogP contribution in [-0.2, 0) is 0 Å². The molecule has 0 fully saturated rings. The average Bonchev–Trinajstić information content (AvgIpc) is 2.86. The van der Waals surface area contributed by atoms with Crippen LogP contribution in [-0.4, -0.2) is 18.6 Å². The molecule has 0 aliphatic carbocycles. The van der Waals surface area contributed by atoms with E-state index in [0.29, 0.717) is 0 Å². The van der Waals surface area contributed by atoms with Gasteiger partial charge in [0.25, 0.3) is 0 Å². The minimum atomic E-state index is 0.146. The first-order valence-corrected chi connectivity index (χ1v) is 8.25. The highest BCUT2D eigenvalue weighted by molar-refractivity contribution is 7.09. The second kappa shape index (κ2) is 7.05. The molecular formula is C17H24N2OS. The Balaban J connectivity index is 2.54. The molecule has 2 rings (SSSR count). The normalized spacial score (nSPS) is 12.4. The lowest BCUT2D eigenvalue weighted by molar-refractivity contribution is 0.403. The van der Waals surface area contributed by atoms with Crippen molar-refractivity contribution in [3.63, 3.8) is 0 Å². The lowest BCUT2D eigenvalue weighted by Gasteiger charge is -2.23. The predicted molar refractivity (Wildman–Crippen MR) is 89.5 cm³/mol. The summed E-state index contributed by atoms with van der Waals surface area (Å²) in [5.41, 5.74) is 6.72. The van der Waals surface area contributed by atoms with Crippen LogP contribution in [0.3, 0.4) is 0 Å². The first kappa shape index (κ1) is 16.0.